The fraction of sp³-hybridized carbons (Fsp3) is 0.654. The molecule has 190 valence electrons. The van der Waals surface area contributed by atoms with Gasteiger partial charge in [0.1, 0.15) is 30.9 Å². The van der Waals surface area contributed by atoms with E-state index in [1.165, 1.54) is 17.7 Å². The van der Waals surface area contributed by atoms with Crippen molar-refractivity contribution in [2.75, 3.05) is 44.2 Å². The van der Waals surface area contributed by atoms with Gasteiger partial charge >= 0.3 is 0 Å². The summed E-state index contributed by atoms with van der Waals surface area (Å²) in [5, 5.41) is 13.2. The Bertz CT molecular complexity index is 957. The lowest BCUT2D eigenvalue weighted by molar-refractivity contribution is -0.139. The number of piperazine rings is 1. The van der Waals surface area contributed by atoms with Gasteiger partial charge in [-0.15, -0.1) is 0 Å². The second kappa shape index (κ2) is 9.87. The number of benzene rings is 1. The lowest BCUT2D eigenvalue weighted by atomic mass is 9.96. The number of anilines is 1. The standard InChI is InChI=1S/C26H36N4O5/c1-3-16(2)22(26(34)30-14-20(31)24-23(30)21(32)15-35-24)27-25(33)17-4-6-18(7-5-17)28-10-12-29(13-11-28)19-8-9-19/h4-7,16,19-20,22-24,31H,3,8-15H2,1-2H3,(H,27,33)/t16-,20-,22-,23+,24+/m0/s1. The predicted octanol–water partition coefficient (Wildman–Crippen LogP) is 0.655. The van der Waals surface area contributed by atoms with E-state index < -0.39 is 24.3 Å². The number of aliphatic hydroxyl groups excluding tert-OH is 1. The Balaban J connectivity index is 1.24. The van der Waals surface area contributed by atoms with Crippen LogP contribution in [0.3, 0.4) is 0 Å². The molecule has 2 amide bonds. The molecule has 3 aliphatic heterocycles. The molecule has 0 radical (unpaired) electrons. The Labute approximate surface area is 206 Å². The van der Waals surface area contributed by atoms with E-state index in [0.29, 0.717) is 12.0 Å². The number of carbonyl (C=O) groups excluding carboxylic acids is 3. The number of ketones is 1. The topological polar surface area (TPSA) is 102 Å². The lowest BCUT2D eigenvalue weighted by Crippen LogP contribution is -2.54. The van der Waals surface area contributed by atoms with Gasteiger partial charge in [-0.05, 0) is 43.0 Å². The van der Waals surface area contributed by atoms with Crippen LogP contribution in [0.5, 0.6) is 0 Å². The fourth-order valence-corrected chi connectivity index (χ4v) is 5.55. The second-order valence-electron chi connectivity index (χ2n) is 10.4. The lowest BCUT2D eigenvalue weighted by Gasteiger charge is -2.36. The highest BCUT2D eigenvalue weighted by Crippen LogP contribution is 2.30. The highest BCUT2D eigenvalue weighted by molar-refractivity contribution is 5.99. The first-order valence-corrected chi connectivity index (χ1v) is 12.9. The zero-order valence-electron chi connectivity index (χ0n) is 20.6. The van der Waals surface area contributed by atoms with Gasteiger partial charge < -0.3 is 25.0 Å². The molecule has 5 rings (SSSR count). The number of ether oxygens (including phenoxy) is 1. The number of nitrogens with one attached hydrogen (secondary N) is 1. The quantitative estimate of drug-likeness (QED) is 0.586. The van der Waals surface area contributed by atoms with Crippen molar-refractivity contribution in [2.45, 2.75) is 63.4 Å². The molecule has 3 heterocycles. The number of aliphatic hydroxyl groups is 1. The maximum Gasteiger partial charge on any atom is 0.251 e. The molecule has 3 saturated heterocycles. The van der Waals surface area contributed by atoms with Crippen LogP contribution < -0.4 is 10.2 Å². The molecule has 1 saturated carbocycles. The minimum absolute atomic E-state index is 0.0332. The molecule has 9 nitrogen and oxygen atoms in total. The Kier molecular flexibility index (Phi) is 6.83. The fourth-order valence-electron chi connectivity index (χ4n) is 5.55. The van der Waals surface area contributed by atoms with Crippen LogP contribution in [0.15, 0.2) is 24.3 Å². The van der Waals surface area contributed by atoms with Gasteiger partial charge in [0.25, 0.3) is 5.91 Å². The van der Waals surface area contributed by atoms with Gasteiger partial charge in [0.2, 0.25) is 5.91 Å². The zero-order valence-corrected chi connectivity index (χ0v) is 20.6. The molecule has 1 aliphatic carbocycles. The number of nitrogens with zero attached hydrogens (tertiary/aromatic N) is 3. The number of fused-ring (bicyclic) bond motifs is 1. The van der Waals surface area contributed by atoms with Crippen molar-refractivity contribution in [3.63, 3.8) is 0 Å². The van der Waals surface area contributed by atoms with Crippen LogP contribution in [-0.2, 0) is 14.3 Å². The molecule has 9 heteroatoms. The summed E-state index contributed by atoms with van der Waals surface area (Å²) in [5.74, 6) is -1.01. The van der Waals surface area contributed by atoms with Crippen molar-refractivity contribution >= 4 is 23.3 Å². The molecule has 4 aliphatic rings. The Morgan fingerprint density at radius 1 is 1.14 bits per heavy atom. The third-order valence-corrected chi connectivity index (χ3v) is 8.08. The first-order valence-electron chi connectivity index (χ1n) is 12.9. The average Bonchev–Trinajstić information content (AvgIpc) is 3.58. The van der Waals surface area contributed by atoms with Crippen LogP contribution in [0, 0.1) is 5.92 Å². The molecule has 0 spiro atoms. The highest BCUT2D eigenvalue weighted by atomic mass is 16.5. The van der Waals surface area contributed by atoms with Crippen molar-refractivity contribution < 1.29 is 24.2 Å². The molecule has 1 aromatic rings. The molecule has 0 bridgehead atoms. The van der Waals surface area contributed by atoms with E-state index in [1.807, 2.05) is 26.0 Å². The summed E-state index contributed by atoms with van der Waals surface area (Å²) in [5.41, 5.74) is 1.59. The maximum atomic E-state index is 13.5. The molecular weight excluding hydrogens is 448 g/mol. The van der Waals surface area contributed by atoms with E-state index in [0.717, 1.165) is 37.9 Å². The molecule has 5 atom stereocenters. The van der Waals surface area contributed by atoms with Crippen LogP contribution in [0.1, 0.15) is 43.5 Å². The van der Waals surface area contributed by atoms with Gasteiger partial charge in [-0.2, -0.15) is 0 Å². The monoisotopic (exact) mass is 484 g/mol. The van der Waals surface area contributed by atoms with Crippen LogP contribution in [0.25, 0.3) is 0 Å². The van der Waals surface area contributed by atoms with Crippen molar-refractivity contribution in [3.05, 3.63) is 29.8 Å². The first-order chi connectivity index (χ1) is 16.9. The van der Waals surface area contributed by atoms with E-state index >= 15 is 0 Å². The predicted molar refractivity (Wildman–Crippen MR) is 130 cm³/mol. The third-order valence-electron chi connectivity index (χ3n) is 8.08. The van der Waals surface area contributed by atoms with Crippen molar-refractivity contribution in [3.8, 4) is 0 Å². The number of Topliss-reactive ketones (excluding diaryl/α,β-unsaturated/α-hetero) is 1. The molecule has 35 heavy (non-hydrogen) atoms. The molecule has 0 aromatic heterocycles. The van der Waals surface area contributed by atoms with E-state index in [2.05, 4.69) is 15.1 Å². The van der Waals surface area contributed by atoms with Gasteiger partial charge in [0.05, 0.1) is 6.54 Å². The summed E-state index contributed by atoms with van der Waals surface area (Å²) in [6.07, 6.45) is 1.75. The number of β-amino-alcohol motifs (C(OH)–C–C–N with tert-alkyl or cyclic N) is 1. The van der Waals surface area contributed by atoms with Crippen molar-refractivity contribution in [1.29, 1.82) is 0 Å². The molecule has 4 fully saturated rings. The molecule has 2 N–H and O–H groups in total. The largest absolute Gasteiger partial charge is 0.388 e. The Morgan fingerprint density at radius 2 is 1.83 bits per heavy atom. The summed E-state index contributed by atoms with van der Waals surface area (Å²) in [6, 6.07) is 6.77. The van der Waals surface area contributed by atoms with Crippen LogP contribution in [-0.4, -0.2) is 102 Å². The molecule has 0 unspecified atom stereocenters. The number of carbonyl (C=O) groups is 3. The van der Waals surface area contributed by atoms with Crippen LogP contribution in [0.2, 0.25) is 0 Å². The number of rotatable bonds is 7. The molecular formula is C26H36N4O5. The van der Waals surface area contributed by atoms with Gasteiger partial charge in [-0.1, -0.05) is 20.3 Å². The zero-order chi connectivity index (χ0) is 24.7. The Hall–Kier alpha value is -2.49. The van der Waals surface area contributed by atoms with Gasteiger partial charge in [-0.3, -0.25) is 19.3 Å². The minimum atomic E-state index is -0.901. The van der Waals surface area contributed by atoms with Gasteiger partial charge in [0.15, 0.2) is 5.78 Å². The number of amides is 2. The summed E-state index contributed by atoms with van der Waals surface area (Å²) in [4.78, 5) is 45.2. The number of hydrogen-bond donors (Lipinski definition) is 2. The normalized spacial score (nSPS) is 28.7. The number of hydrogen-bond acceptors (Lipinski definition) is 7. The first kappa shape index (κ1) is 24.2. The average molecular weight is 485 g/mol. The highest BCUT2D eigenvalue weighted by Gasteiger charge is 2.53. The van der Waals surface area contributed by atoms with Crippen LogP contribution >= 0.6 is 0 Å². The summed E-state index contributed by atoms with van der Waals surface area (Å²) in [6.45, 7) is 7.92. The van der Waals surface area contributed by atoms with Gasteiger partial charge in [0, 0.05) is 43.5 Å². The van der Waals surface area contributed by atoms with Gasteiger partial charge in [-0.25, -0.2) is 0 Å². The third kappa shape index (κ3) is 4.81. The van der Waals surface area contributed by atoms with E-state index in [9.17, 15) is 19.5 Å². The van der Waals surface area contributed by atoms with Crippen molar-refractivity contribution in [2.24, 2.45) is 5.92 Å². The SMILES string of the molecule is CC[C@H](C)[C@H](NC(=O)c1ccc(N2CCN(C3CC3)CC2)cc1)C(=O)N1C[C@H](O)[C@H]2OCC(=O)[C@H]21. The summed E-state index contributed by atoms with van der Waals surface area (Å²) < 4.78 is 5.39. The second-order valence-corrected chi connectivity index (χ2v) is 10.4. The van der Waals surface area contributed by atoms with Crippen molar-refractivity contribution in [1.82, 2.24) is 15.1 Å². The minimum Gasteiger partial charge on any atom is -0.388 e. The van der Waals surface area contributed by atoms with Crippen LogP contribution in [0.4, 0.5) is 5.69 Å². The smallest absolute Gasteiger partial charge is 0.251 e. The number of likely N-dealkylation sites (tertiary alicyclic amines) is 1. The molecule has 1 aromatic carbocycles. The van der Waals surface area contributed by atoms with E-state index in [1.54, 1.807) is 12.1 Å². The summed E-state index contributed by atoms with van der Waals surface area (Å²) in [7, 11) is 0. The van der Waals surface area contributed by atoms with E-state index in [4.69, 9.17) is 4.74 Å². The maximum absolute atomic E-state index is 13.5. The summed E-state index contributed by atoms with van der Waals surface area (Å²) >= 11 is 0. The Morgan fingerprint density at radius 3 is 2.46 bits per heavy atom. The van der Waals surface area contributed by atoms with E-state index in [-0.39, 0.29) is 36.7 Å².